The van der Waals surface area contributed by atoms with Crippen LogP contribution in [0.25, 0.3) is 0 Å². The molecule has 1 aromatic rings. The summed E-state index contributed by atoms with van der Waals surface area (Å²) in [5, 5.41) is 25.6. The Morgan fingerprint density at radius 2 is 1.36 bits per heavy atom. The normalized spacial score (nSPS) is 15.8. The van der Waals surface area contributed by atoms with Crippen LogP contribution in [-0.2, 0) is 34.1 Å². The number of ether oxygens (including phenoxy) is 2. The number of benzene rings is 1. The summed E-state index contributed by atoms with van der Waals surface area (Å²) in [6.07, 6.45) is -1.26. The average Bonchev–Trinajstić information content (AvgIpc) is 2.99. The number of nitrogens with one attached hydrogen (secondary N) is 2. The molecule has 5 atom stereocenters. The molecule has 13 heteroatoms. The van der Waals surface area contributed by atoms with Crippen LogP contribution in [0.1, 0.15) is 109 Å². The second-order valence-corrected chi connectivity index (χ2v) is 17.7. The number of rotatable bonds is 15. The summed E-state index contributed by atoms with van der Waals surface area (Å²) in [5.74, 6) is -3.06. The summed E-state index contributed by atoms with van der Waals surface area (Å²) in [7, 11) is 3.09. The fourth-order valence-electron chi connectivity index (χ4n) is 5.89. The number of amides is 4. The van der Waals surface area contributed by atoms with Crippen molar-refractivity contribution in [2.45, 2.75) is 150 Å². The molecular formula is C40H66N4O9. The third kappa shape index (κ3) is 14.4. The van der Waals surface area contributed by atoms with E-state index in [1.54, 1.807) is 54.7 Å². The van der Waals surface area contributed by atoms with E-state index in [2.05, 4.69) is 10.6 Å². The molecule has 300 valence electrons. The van der Waals surface area contributed by atoms with Crippen LogP contribution in [0, 0.1) is 11.3 Å². The molecule has 4 amide bonds. The van der Waals surface area contributed by atoms with Crippen molar-refractivity contribution < 1.29 is 43.7 Å². The molecule has 1 unspecified atom stereocenters. The van der Waals surface area contributed by atoms with Gasteiger partial charge in [-0.2, -0.15) is 0 Å². The lowest BCUT2D eigenvalue weighted by atomic mass is 9.76. The third-order valence-corrected chi connectivity index (χ3v) is 8.70. The predicted octanol–water partition coefficient (Wildman–Crippen LogP) is 5.25. The van der Waals surface area contributed by atoms with Gasteiger partial charge in [0.25, 0.3) is 0 Å². The molecular weight excluding hydrogens is 680 g/mol. The summed E-state index contributed by atoms with van der Waals surface area (Å²) < 4.78 is 11.2. The maximum absolute atomic E-state index is 14.5. The second-order valence-electron chi connectivity index (χ2n) is 17.7. The van der Waals surface area contributed by atoms with Gasteiger partial charge in [0.05, 0.1) is 24.1 Å². The SMILES string of the molecule is C/C(=C\[C@H](C(C)C)N(C)C(=O)[C@@H](NC(=O)[C@@H](N(C)C(=O)OC(C)(C)C)C(C)(C)c1ccccc1)C(C)(C)C)C(=O)N[C@H](CC(=O)O)C(O)OC(C)(C)C. The highest BCUT2D eigenvalue weighted by atomic mass is 16.6. The number of hydrogen-bond acceptors (Lipinski definition) is 8. The first-order chi connectivity index (χ1) is 23.9. The van der Waals surface area contributed by atoms with Crippen LogP contribution in [0.4, 0.5) is 4.79 Å². The molecule has 1 aromatic carbocycles. The number of carbonyl (C=O) groups is 5. The Bertz CT molecular complexity index is 1450. The summed E-state index contributed by atoms with van der Waals surface area (Å²) in [4.78, 5) is 70.0. The molecule has 0 bridgehead atoms. The van der Waals surface area contributed by atoms with Crippen LogP contribution in [0.15, 0.2) is 42.0 Å². The Kier molecular flexibility index (Phi) is 16.3. The van der Waals surface area contributed by atoms with E-state index in [4.69, 9.17) is 9.47 Å². The first-order valence-corrected chi connectivity index (χ1v) is 18.1. The van der Waals surface area contributed by atoms with Gasteiger partial charge in [-0.15, -0.1) is 0 Å². The summed E-state index contributed by atoms with van der Waals surface area (Å²) in [6, 6.07) is 5.29. The van der Waals surface area contributed by atoms with Gasteiger partial charge < -0.3 is 35.2 Å². The maximum Gasteiger partial charge on any atom is 0.410 e. The van der Waals surface area contributed by atoms with Gasteiger partial charge >= 0.3 is 12.1 Å². The van der Waals surface area contributed by atoms with Crippen molar-refractivity contribution >= 4 is 29.8 Å². The molecule has 0 spiro atoms. The smallest absolute Gasteiger partial charge is 0.410 e. The monoisotopic (exact) mass is 746 g/mol. The number of carboxylic acids is 1. The standard InChI is InChI=1S/C40H66N4O9/c1-24(2)28(22-25(3)32(47)41-27(23-29(45)46)35(50)52-38(7,8)9)43(15)34(49)30(37(4,5)6)42-33(48)31(44(16)36(51)53-39(10,11)12)40(13,14)26-20-18-17-19-21-26/h17-22,24,27-28,30-31,35,50H,23H2,1-16H3,(H,41,47)(H,42,48)(H,45,46)/b25-22+/t27-,28-,30-,31-,35?/m1/s1. The lowest BCUT2D eigenvalue weighted by molar-refractivity contribution is -0.185. The van der Waals surface area contributed by atoms with Crippen LogP contribution < -0.4 is 10.6 Å². The molecule has 0 aromatic heterocycles. The zero-order chi connectivity index (χ0) is 41.4. The number of carboxylic acid groups (broad SMARTS) is 1. The Morgan fingerprint density at radius 1 is 0.830 bits per heavy atom. The van der Waals surface area contributed by atoms with Crippen molar-refractivity contribution in [2.24, 2.45) is 11.3 Å². The van der Waals surface area contributed by atoms with Crippen molar-refractivity contribution in [1.29, 1.82) is 0 Å². The van der Waals surface area contributed by atoms with Crippen LogP contribution >= 0.6 is 0 Å². The number of nitrogens with zero attached hydrogens (tertiary/aromatic N) is 2. The van der Waals surface area contributed by atoms with Gasteiger partial charge in [-0.3, -0.25) is 24.1 Å². The fourth-order valence-corrected chi connectivity index (χ4v) is 5.89. The fraction of sp³-hybridized carbons (Fsp3) is 0.675. The third-order valence-electron chi connectivity index (χ3n) is 8.70. The van der Waals surface area contributed by atoms with E-state index < -0.39 is 88.7 Å². The molecule has 0 saturated carbocycles. The number of aliphatic carboxylic acids is 1. The highest BCUT2D eigenvalue weighted by Crippen LogP contribution is 2.32. The van der Waals surface area contributed by atoms with Crippen molar-refractivity contribution in [3.05, 3.63) is 47.5 Å². The van der Waals surface area contributed by atoms with E-state index in [9.17, 15) is 34.2 Å². The average molecular weight is 747 g/mol. The van der Waals surface area contributed by atoms with Crippen molar-refractivity contribution in [3.63, 3.8) is 0 Å². The Morgan fingerprint density at radius 3 is 1.79 bits per heavy atom. The van der Waals surface area contributed by atoms with Crippen molar-refractivity contribution in [3.8, 4) is 0 Å². The van der Waals surface area contributed by atoms with Gasteiger partial charge in [0.1, 0.15) is 17.7 Å². The highest BCUT2D eigenvalue weighted by molar-refractivity contribution is 5.94. The number of aliphatic hydroxyl groups excluding tert-OH is 1. The molecule has 53 heavy (non-hydrogen) atoms. The largest absolute Gasteiger partial charge is 0.481 e. The highest BCUT2D eigenvalue weighted by Gasteiger charge is 2.46. The van der Waals surface area contributed by atoms with E-state index in [1.807, 2.05) is 78.8 Å². The maximum atomic E-state index is 14.5. The molecule has 0 heterocycles. The zero-order valence-corrected chi connectivity index (χ0v) is 34.8. The number of carbonyl (C=O) groups excluding carboxylic acids is 4. The second kappa shape index (κ2) is 18.4. The Balaban J connectivity index is 3.55. The summed E-state index contributed by atoms with van der Waals surface area (Å²) in [5.41, 5.74) is -2.36. The van der Waals surface area contributed by atoms with Crippen molar-refractivity contribution in [2.75, 3.05) is 14.1 Å². The van der Waals surface area contributed by atoms with E-state index in [0.29, 0.717) is 0 Å². The molecule has 4 N–H and O–H groups in total. The summed E-state index contributed by atoms with van der Waals surface area (Å²) in [6.45, 7) is 24.8. The van der Waals surface area contributed by atoms with E-state index in [-0.39, 0.29) is 11.5 Å². The van der Waals surface area contributed by atoms with Gasteiger partial charge in [0.2, 0.25) is 17.7 Å². The minimum absolute atomic E-state index is 0.182. The number of aliphatic hydroxyl groups is 1. The minimum Gasteiger partial charge on any atom is -0.481 e. The topological polar surface area (TPSA) is 175 Å². The van der Waals surface area contributed by atoms with Crippen LogP contribution in [0.2, 0.25) is 0 Å². The van der Waals surface area contributed by atoms with E-state index in [0.717, 1.165) is 5.56 Å². The van der Waals surface area contributed by atoms with Crippen LogP contribution in [0.3, 0.4) is 0 Å². The molecule has 0 aliphatic rings. The first kappa shape index (κ1) is 47.1. The quantitative estimate of drug-likeness (QED) is 0.138. The van der Waals surface area contributed by atoms with E-state index in [1.165, 1.54) is 23.8 Å². The minimum atomic E-state index is -1.59. The van der Waals surface area contributed by atoms with Gasteiger partial charge in [-0.1, -0.05) is 84.9 Å². The van der Waals surface area contributed by atoms with Crippen LogP contribution in [-0.4, -0.2) is 106 Å². The molecule has 0 saturated heterocycles. The number of hydrogen-bond donors (Lipinski definition) is 4. The van der Waals surface area contributed by atoms with Gasteiger partial charge in [-0.05, 0) is 65.4 Å². The van der Waals surface area contributed by atoms with Crippen LogP contribution in [0.5, 0.6) is 0 Å². The zero-order valence-electron chi connectivity index (χ0n) is 34.8. The van der Waals surface area contributed by atoms with E-state index >= 15 is 0 Å². The molecule has 0 aliphatic heterocycles. The molecule has 13 nitrogen and oxygen atoms in total. The molecule has 0 aliphatic carbocycles. The van der Waals surface area contributed by atoms with Gasteiger partial charge in [-0.25, -0.2) is 4.79 Å². The Labute approximate surface area is 316 Å². The predicted molar refractivity (Wildman–Crippen MR) is 205 cm³/mol. The lowest BCUT2D eigenvalue weighted by Gasteiger charge is -2.42. The van der Waals surface area contributed by atoms with Gasteiger partial charge in [0.15, 0.2) is 6.29 Å². The van der Waals surface area contributed by atoms with Crippen molar-refractivity contribution in [1.82, 2.24) is 20.4 Å². The Hall–Kier alpha value is -3.97. The first-order valence-electron chi connectivity index (χ1n) is 18.1. The van der Waals surface area contributed by atoms with Gasteiger partial charge in [0, 0.05) is 25.1 Å². The molecule has 1 rings (SSSR count). The summed E-state index contributed by atoms with van der Waals surface area (Å²) >= 11 is 0. The lowest BCUT2D eigenvalue weighted by Crippen LogP contribution is -2.63. The number of likely N-dealkylation sites (N-methyl/N-ethyl adjacent to an activating group) is 2. The molecule has 0 radical (unpaired) electrons. The molecule has 0 fully saturated rings.